The van der Waals surface area contributed by atoms with Gasteiger partial charge in [0.25, 0.3) is 0 Å². The summed E-state index contributed by atoms with van der Waals surface area (Å²) >= 11 is 0. The maximum absolute atomic E-state index is 13.1. The number of urea groups is 1. The zero-order valence-electron chi connectivity index (χ0n) is 22.1. The minimum Gasteiger partial charge on any atom is -0.390 e. The third kappa shape index (κ3) is 8.61. The van der Waals surface area contributed by atoms with Crippen LogP contribution < -0.4 is 10.6 Å². The highest BCUT2D eigenvalue weighted by atomic mass is 19.1. The average Bonchev–Trinajstić information content (AvgIpc) is 3.30. The normalized spacial score (nSPS) is 12.9. The number of hydrogen-bond acceptors (Lipinski definition) is 6. The molecule has 10 heteroatoms. The van der Waals surface area contributed by atoms with E-state index in [1.54, 1.807) is 18.7 Å². The lowest BCUT2D eigenvalue weighted by atomic mass is 10.1. The van der Waals surface area contributed by atoms with Crippen LogP contribution in [0, 0.1) is 5.82 Å². The van der Waals surface area contributed by atoms with E-state index in [0.717, 1.165) is 55.5 Å². The molecule has 0 unspecified atom stereocenters. The highest BCUT2D eigenvalue weighted by Gasteiger charge is 2.20. The molecule has 2 amide bonds. The molecule has 0 fully saturated rings. The summed E-state index contributed by atoms with van der Waals surface area (Å²) in [6, 6.07) is 11.5. The van der Waals surface area contributed by atoms with Crippen LogP contribution in [0.2, 0.25) is 0 Å². The van der Waals surface area contributed by atoms with Gasteiger partial charge in [0.2, 0.25) is 0 Å². The van der Waals surface area contributed by atoms with Gasteiger partial charge in [0.15, 0.2) is 5.82 Å². The third-order valence-corrected chi connectivity index (χ3v) is 6.31. The molecule has 2 atom stereocenters. The molecular weight excluding hydrogens is 473 g/mol. The van der Waals surface area contributed by atoms with Crippen molar-refractivity contribution in [3.8, 4) is 11.4 Å². The first-order valence-corrected chi connectivity index (χ1v) is 12.9. The number of amides is 2. The van der Waals surface area contributed by atoms with Gasteiger partial charge in [-0.1, -0.05) is 26.0 Å². The first kappa shape index (κ1) is 28.2. The quantitative estimate of drug-likeness (QED) is 0.322. The van der Waals surface area contributed by atoms with Crippen molar-refractivity contribution in [2.45, 2.75) is 58.6 Å². The Morgan fingerprint density at radius 1 is 1.14 bits per heavy atom. The van der Waals surface area contributed by atoms with Crippen molar-refractivity contribution < 1.29 is 14.3 Å². The van der Waals surface area contributed by atoms with Crippen LogP contribution in [0.25, 0.3) is 11.4 Å². The highest BCUT2D eigenvalue weighted by molar-refractivity contribution is 5.90. The highest BCUT2D eigenvalue weighted by Crippen LogP contribution is 2.23. The topological polar surface area (TPSA) is 108 Å². The van der Waals surface area contributed by atoms with Gasteiger partial charge in [-0.2, -0.15) is 0 Å². The standard InChI is InChI=1S/C27H38FN7O2/c1-5-13-35(14-7-8-21-9-11-23(28)12-10-21)18-25(36)19(3)29-27(37)30-24-16-20(6-2)15-22(17-24)26-31-32-33-34(26)4/h9-12,15-17,19,25,36H,5-8,13-14,18H2,1-4H3,(H2,29,30,37)/t19-,25+/m1/s1. The number of benzene rings is 2. The van der Waals surface area contributed by atoms with Crippen LogP contribution in [-0.4, -0.2) is 68.0 Å². The first-order chi connectivity index (χ1) is 17.8. The molecule has 0 aliphatic carbocycles. The number of anilines is 1. The molecule has 1 heterocycles. The van der Waals surface area contributed by atoms with Crippen molar-refractivity contribution in [3.63, 3.8) is 0 Å². The van der Waals surface area contributed by atoms with Gasteiger partial charge < -0.3 is 20.6 Å². The number of rotatable bonds is 13. The van der Waals surface area contributed by atoms with Gasteiger partial charge in [-0.15, -0.1) is 5.10 Å². The minimum absolute atomic E-state index is 0.230. The molecular formula is C27H38FN7O2. The summed E-state index contributed by atoms with van der Waals surface area (Å²) in [5.41, 5.74) is 3.58. The Morgan fingerprint density at radius 3 is 2.54 bits per heavy atom. The van der Waals surface area contributed by atoms with Crippen LogP contribution in [-0.2, 0) is 19.9 Å². The van der Waals surface area contributed by atoms with Crippen molar-refractivity contribution >= 4 is 11.7 Å². The summed E-state index contributed by atoms with van der Waals surface area (Å²) in [4.78, 5) is 14.9. The van der Waals surface area contributed by atoms with Crippen molar-refractivity contribution in [1.29, 1.82) is 0 Å². The fourth-order valence-corrected chi connectivity index (χ4v) is 4.23. The summed E-state index contributed by atoms with van der Waals surface area (Å²) < 4.78 is 14.7. The fourth-order valence-electron chi connectivity index (χ4n) is 4.23. The Hall–Kier alpha value is -3.37. The van der Waals surface area contributed by atoms with E-state index in [-0.39, 0.29) is 11.8 Å². The molecule has 0 radical (unpaired) electrons. The number of aliphatic hydroxyl groups is 1. The van der Waals surface area contributed by atoms with Crippen LogP contribution in [0.15, 0.2) is 42.5 Å². The second kappa shape index (κ2) is 13.8. The molecule has 2 aromatic carbocycles. The number of aryl methyl sites for hydroxylation is 3. The van der Waals surface area contributed by atoms with Crippen LogP contribution in [0.1, 0.15) is 44.7 Å². The van der Waals surface area contributed by atoms with E-state index in [2.05, 4.69) is 38.0 Å². The van der Waals surface area contributed by atoms with Crippen molar-refractivity contribution in [2.24, 2.45) is 7.05 Å². The molecule has 0 bridgehead atoms. The molecule has 1 aromatic heterocycles. The SMILES string of the molecule is CCCN(CCCc1ccc(F)cc1)C[C@H](O)[C@@H](C)NC(=O)Nc1cc(CC)cc(-c2nnnn2C)c1. The van der Waals surface area contributed by atoms with E-state index in [1.165, 1.54) is 12.1 Å². The Bertz CT molecular complexity index is 1140. The number of aromatic nitrogens is 4. The zero-order valence-corrected chi connectivity index (χ0v) is 22.1. The smallest absolute Gasteiger partial charge is 0.319 e. The average molecular weight is 512 g/mol. The number of aliphatic hydroxyl groups excluding tert-OH is 1. The molecule has 200 valence electrons. The number of carbonyl (C=O) groups is 1. The van der Waals surface area contributed by atoms with Gasteiger partial charge >= 0.3 is 6.03 Å². The number of nitrogens with zero attached hydrogens (tertiary/aromatic N) is 5. The van der Waals surface area contributed by atoms with Crippen molar-refractivity contribution in [2.75, 3.05) is 25.0 Å². The molecule has 3 aromatic rings. The van der Waals surface area contributed by atoms with Crippen molar-refractivity contribution in [1.82, 2.24) is 30.4 Å². The van der Waals surface area contributed by atoms with Gasteiger partial charge in [0.05, 0.1) is 12.1 Å². The second-order valence-electron chi connectivity index (χ2n) is 9.38. The van der Waals surface area contributed by atoms with Crippen LogP contribution in [0.4, 0.5) is 14.9 Å². The predicted octanol–water partition coefficient (Wildman–Crippen LogP) is 3.79. The van der Waals surface area contributed by atoms with Gasteiger partial charge in [-0.3, -0.25) is 0 Å². The maximum atomic E-state index is 13.1. The monoisotopic (exact) mass is 511 g/mol. The lowest BCUT2D eigenvalue weighted by Gasteiger charge is -2.28. The summed E-state index contributed by atoms with van der Waals surface area (Å²) in [6.45, 7) is 8.05. The van der Waals surface area contributed by atoms with E-state index < -0.39 is 12.1 Å². The Balaban J connectivity index is 1.53. The lowest BCUT2D eigenvalue weighted by molar-refractivity contribution is 0.0868. The van der Waals surface area contributed by atoms with E-state index in [9.17, 15) is 14.3 Å². The Kier molecular flexibility index (Phi) is 10.5. The summed E-state index contributed by atoms with van der Waals surface area (Å²) in [5.74, 6) is 0.379. The first-order valence-electron chi connectivity index (χ1n) is 12.9. The summed E-state index contributed by atoms with van der Waals surface area (Å²) in [7, 11) is 1.77. The van der Waals surface area contributed by atoms with Crippen LogP contribution >= 0.6 is 0 Å². The van der Waals surface area contributed by atoms with E-state index in [4.69, 9.17) is 0 Å². The maximum Gasteiger partial charge on any atom is 0.319 e. The van der Waals surface area contributed by atoms with Gasteiger partial charge in [-0.25, -0.2) is 13.9 Å². The molecule has 9 nitrogen and oxygen atoms in total. The Labute approximate surface area is 218 Å². The lowest BCUT2D eigenvalue weighted by Crippen LogP contribution is -2.48. The molecule has 3 N–H and O–H groups in total. The number of nitrogens with one attached hydrogen (secondary N) is 2. The predicted molar refractivity (Wildman–Crippen MR) is 143 cm³/mol. The largest absolute Gasteiger partial charge is 0.390 e. The summed E-state index contributed by atoms with van der Waals surface area (Å²) in [5, 5.41) is 28.2. The molecule has 37 heavy (non-hydrogen) atoms. The van der Waals surface area contributed by atoms with Crippen LogP contribution in [0.3, 0.4) is 0 Å². The van der Waals surface area contributed by atoms with Gasteiger partial charge in [-0.05, 0) is 97.6 Å². The molecule has 3 rings (SSSR count). The van der Waals surface area contributed by atoms with E-state index in [0.29, 0.717) is 18.1 Å². The molecule has 0 aliphatic rings. The molecule has 0 saturated carbocycles. The number of halogens is 1. The minimum atomic E-state index is -0.731. The fraction of sp³-hybridized carbons (Fsp3) is 0.481. The second-order valence-corrected chi connectivity index (χ2v) is 9.38. The van der Waals surface area contributed by atoms with Crippen molar-refractivity contribution in [3.05, 3.63) is 59.4 Å². The van der Waals surface area contributed by atoms with Gasteiger partial charge in [0, 0.05) is 24.8 Å². The molecule has 0 aliphatic heterocycles. The third-order valence-electron chi connectivity index (χ3n) is 6.31. The molecule has 0 spiro atoms. The van der Waals surface area contributed by atoms with E-state index >= 15 is 0 Å². The number of carbonyl (C=O) groups excluding carboxylic acids is 1. The summed E-state index contributed by atoms with van der Waals surface area (Å²) in [6.07, 6.45) is 2.76. The van der Waals surface area contributed by atoms with E-state index in [1.807, 2.05) is 37.3 Å². The molecule has 0 saturated heterocycles. The number of tetrazole rings is 1. The Morgan fingerprint density at radius 2 is 1.89 bits per heavy atom. The number of hydrogen-bond donors (Lipinski definition) is 3. The van der Waals surface area contributed by atoms with Gasteiger partial charge in [0.1, 0.15) is 5.82 Å². The zero-order chi connectivity index (χ0) is 26.8. The van der Waals surface area contributed by atoms with Crippen LogP contribution in [0.5, 0.6) is 0 Å².